The van der Waals surface area contributed by atoms with Crippen LogP contribution in [0.15, 0.2) is 0 Å². The Morgan fingerprint density at radius 3 is 2.71 bits per heavy atom. The Bertz CT molecular complexity index is 216. The Hall–Kier alpha value is -0.120. The largest absolute Gasteiger partial charge is 0.392 e. The highest BCUT2D eigenvalue weighted by Gasteiger charge is 2.36. The van der Waals surface area contributed by atoms with Gasteiger partial charge in [-0.3, -0.25) is 4.90 Å². The van der Waals surface area contributed by atoms with Gasteiger partial charge in [0.2, 0.25) is 0 Å². The SMILES string of the molecule is CCOCCN1C[C@@H](O)C[C@H]1C1CCCCC1. The van der Waals surface area contributed by atoms with Gasteiger partial charge in [-0.25, -0.2) is 0 Å². The summed E-state index contributed by atoms with van der Waals surface area (Å²) in [6, 6.07) is 0.616. The second kappa shape index (κ2) is 6.72. The fourth-order valence-electron chi connectivity index (χ4n) is 3.50. The molecule has 3 nitrogen and oxygen atoms in total. The van der Waals surface area contributed by atoms with E-state index >= 15 is 0 Å². The van der Waals surface area contributed by atoms with Crippen molar-refractivity contribution in [1.82, 2.24) is 4.90 Å². The van der Waals surface area contributed by atoms with Crippen LogP contribution in [0.25, 0.3) is 0 Å². The molecule has 1 N–H and O–H groups in total. The number of likely N-dealkylation sites (tertiary alicyclic amines) is 1. The summed E-state index contributed by atoms with van der Waals surface area (Å²) < 4.78 is 5.44. The third-order valence-electron chi connectivity index (χ3n) is 4.35. The lowest BCUT2D eigenvalue weighted by atomic mass is 9.83. The number of aliphatic hydroxyl groups is 1. The molecule has 1 saturated carbocycles. The molecule has 100 valence electrons. The number of ether oxygens (including phenoxy) is 1. The zero-order valence-corrected chi connectivity index (χ0v) is 11.1. The van der Waals surface area contributed by atoms with Gasteiger partial charge < -0.3 is 9.84 Å². The van der Waals surface area contributed by atoms with Gasteiger partial charge >= 0.3 is 0 Å². The number of nitrogens with zero attached hydrogens (tertiary/aromatic N) is 1. The average molecular weight is 241 g/mol. The van der Waals surface area contributed by atoms with Gasteiger partial charge in [-0.15, -0.1) is 0 Å². The smallest absolute Gasteiger partial charge is 0.0682 e. The van der Waals surface area contributed by atoms with E-state index in [-0.39, 0.29) is 6.10 Å². The van der Waals surface area contributed by atoms with Crippen molar-refractivity contribution < 1.29 is 9.84 Å². The maximum atomic E-state index is 9.87. The summed E-state index contributed by atoms with van der Waals surface area (Å²) in [6.07, 6.45) is 7.78. The molecule has 2 fully saturated rings. The van der Waals surface area contributed by atoms with Crippen LogP contribution >= 0.6 is 0 Å². The quantitative estimate of drug-likeness (QED) is 0.748. The van der Waals surface area contributed by atoms with Gasteiger partial charge in [0.1, 0.15) is 0 Å². The summed E-state index contributed by atoms with van der Waals surface area (Å²) in [7, 11) is 0. The fraction of sp³-hybridized carbons (Fsp3) is 1.00. The Labute approximate surface area is 105 Å². The van der Waals surface area contributed by atoms with Crippen LogP contribution in [0, 0.1) is 5.92 Å². The van der Waals surface area contributed by atoms with Gasteiger partial charge in [0.25, 0.3) is 0 Å². The second-order valence-corrected chi connectivity index (χ2v) is 5.55. The van der Waals surface area contributed by atoms with Crippen LogP contribution < -0.4 is 0 Å². The first-order valence-electron chi connectivity index (χ1n) is 7.31. The van der Waals surface area contributed by atoms with Gasteiger partial charge in [0.05, 0.1) is 12.7 Å². The molecule has 3 heteroatoms. The maximum Gasteiger partial charge on any atom is 0.0682 e. The van der Waals surface area contributed by atoms with Crippen molar-refractivity contribution in [3.05, 3.63) is 0 Å². The number of aliphatic hydroxyl groups excluding tert-OH is 1. The van der Waals surface area contributed by atoms with Crippen LogP contribution in [0.4, 0.5) is 0 Å². The van der Waals surface area contributed by atoms with E-state index in [2.05, 4.69) is 4.90 Å². The van der Waals surface area contributed by atoms with Crippen molar-refractivity contribution in [3.8, 4) is 0 Å². The molecule has 0 radical (unpaired) electrons. The lowest BCUT2D eigenvalue weighted by Gasteiger charge is -2.33. The number of rotatable bonds is 5. The van der Waals surface area contributed by atoms with Crippen molar-refractivity contribution in [2.45, 2.75) is 57.6 Å². The molecule has 0 aromatic heterocycles. The summed E-state index contributed by atoms with van der Waals surface area (Å²) in [6.45, 7) is 5.49. The first-order valence-corrected chi connectivity index (χ1v) is 7.31. The number of β-amino-alcohol motifs (C(OH)–C–C–N with tert-alkyl or cyclic N) is 1. The molecule has 1 heterocycles. The molecule has 0 aromatic rings. The summed E-state index contributed by atoms with van der Waals surface area (Å²) in [4.78, 5) is 2.47. The number of hydrogen-bond donors (Lipinski definition) is 1. The molecule has 2 atom stereocenters. The summed E-state index contributed by atoms with van der Waals surface area (Å²) in [5.41, 5.74) is 0. The van der Waals surface area contributed by atoms with E-state index in [0.717, 1.165) is 38.6 Å². The van der Waals surface area contributed by atoms with E-state index in [1.54, 1.807) is 0 Å². The van der Waals surface area contributed by atoms with Crippen LogP contribution in [0.5, 0.6) is 0 Å². The van der Waals surface area contributed by atoms with E-state index in [1.165, 1.54) is 32.1 Å². The van der Waals surface area contributed by atoms with Crippen molar-refractivity contribution >= 4 is 0 Å². The van der Waals surface area contributed by atoms with E-state index in [4.69, 9.17) is 4.74 Å². The van der Waals surface area contributed by atoms with Crippen molar-refractivity contribution in [3.63, 3.8) is 0 Å². The molecule has 1 aliphatic heterocycles. The second-order valence-electron chi connectivity index (χ2n) is 5.55. The highest BCUT2D eigenvalue weighted by atomic mass is 16.5. The highest BCUT2D eigenvalue weighted by molar-refractivity contribution is 4.90. The Morgan fingerprint density at radius 1 is 1.24 bits per heavy atom. The molecule has 1 saturated heterocycles. The molecule has 17 heavy (non-hydrogen) atoms. The Morgan fingerprint density at radius 2 is 2.00 bits per heavy atom. The van der Waals surface area contributed by atoms with Crippen molar-refractivity contribution in [2.24, 2.45) is 5.92 Å². The van der Waals surface area contributed by atoms with Gasteiger partial charge in [-0.2, -0.15) is 0 Å². The molecular formula is C14H27NO2. The number of hydrogen-bond acceptors (Lipinski definition) is 3. The molecule has 0 bridgehead atoms. The summed E-state index contributed by atoms with van der Waals surface area (Å²) in [5, 5.41) is 9.87. The van der Waals surface area contributed by atoms with Crippen LogP contribution in [-0.2, 0) is 4.74 Å². The van der Waals surface area contributed by atoms with E-state index in [1.807, 2.05) is 6.92 Å². The molecule has 2 rings (SSSR count). The first kappa shape index (κ1) is 13.3. The van der Waals surface area contributed by atoms with Crippen LogP contribution in [0.2, 0.25) is 0 Å². The normalized spacial score (nSPS) is 32.1. The summed E-state index contributed by atoms with van der Waals surface area (Å²) in [5.74, 6) is 0.822. The van der Waals surface area contributed by atoms with E-state index in [9.17, 15) is 5.11 Å². The lowest BCUT2D eigenvalue weighted by Crippen LogP contribution is -2.38. The zero-order chi connectivity index (χ0) is 12.1. The standard InChI is InChI=1S/C14H27NO2/c1-2-17-9-8-15-11-13(16)10-14(15)12-6-4-3-5-7-12/h12-14,16H,2-11H2,1H3/t13-,14-/m0/s1. The molecule has 0 spiro atoms. The van der Waals surface area contributed by atoms with E-state index < -0.39 is 0 Å². The van der Waals surface area contributed by atoms with Crippen molar-refractivity contribution in [2.75, 3.05) is 26.3 Å². The van der Waals surface area contributed by atoms with Crippen LogP contribution in [0.3, 0.4) is 0 Å². The monoisotopic (exact) mass is 241 g/mol. The molecule has 0 aromatic carbocycles. The first-order chi connectivity index (χ1) is 8.31. The van der Waals surface area contributed by atoms with Crippen molar-refractivity contribution in [1.29, 1.82) is 0 Å². The minimum absolute atomic E-state index is 0.108. The average Bonchev–Trinajstić information content (AvgIpc) is 2.72. The molecule has 2 aliphatic rings. The summed E-state index contributed by atoms with van der Waals surface area (Å²) >= 11 is 0. The minimum Gasteiger partial charge on any atom is -0.392 e. The van der Waals surface area contributed by atoms with Crippen LogP contribution in [-0.4, -0.2) is 48.5 Å². The molecule has 0 unspecified atom stereocenters. The third kappa shape index (κ3) is 3.67. The van der Waals surface area contributed by atoms with Gasteiger partial charge in [-0.1, -0.05) is 19.3 Å². The topological polar surface area (TPSA) is 32.7 Å². The predicted octanol–water partition coefficient (Wildman–Crippen LogP) is 2.04. The highest BCUT2D eigenvalue weighted by Crippen LogP contribution is 2.34. The van der Waals surface area contributed by atoms with E-state index in [0.29, 0.717) is 6.04 Å². The van der Waals surface area contributed by atoms with Gasteiger partial charge in [-0.05, 0) is 32.1 Å². The van der Waals surface area contributed by atoms with Gasteiger partial charge in [0.15, 0.2) is 0 Å². The third-order valence-corrected chi connectivity index (χ3v) is 4.35. The zero-order valence-electron chi connectivity index (χ0n) is 11.1. The van der Waals surface area contributed by atoms with Gasteiger partial charge in [0, 0.05) is 25.7 Å². The van der Waals surface area contributed by atoms with Crippen LogP contribution in [0.1, 0.15) is 45.4 Å². The Kier molecular flexibility index (Phi) is 5.26. The predicted molar refractivity (Wildman–Crippen MR) is 69.1 cm³/mol. The fourth-order valence-corrected chi connectivity index (χ4v) is 3.50. The molecular weight excluding hydrogens is 214 g/mol. The molecule has 0 amide bonds. The Balaban J connectivity index is 1.84. The minimum atomic E-state index is -0.108. The maximum absolute atomic E-state index is 9.87. The molecule has 1 aliphatic carbocycles. The lowest BCUT2D eigenvalue weighted by molar-refractivity contribution is 0.0857.